The van der Waals surface area contributed by atoms with Crippen LogP contribution >= 0.6 is 12.4 Å². The molecule has 28 heavy (non-hydrogen) atoms. The Morgan fingerprint density at radius 3 is 2.86 bits per heavy atom. The number of aryl methyl sites for hydroxylation is 1. The number of amides is 1. The van der Waals surface area contributed by atoms with Crippen LogP contribution in [0.3, 0.4) is 0 Å². The molecule has 0 radical (unpaired) electrons. The number of carbonyl (C=O) groups is 2. The molecule has 1 aromatic carbocycles. The standard InChI is InChI=1S/C20H24FN3O3.ClH/c1-2-8-22-9-10-27-18-7-6-13(11-15(18)21)24-20(26)14-12-23-16-4-3-5-17(25)19(14)16;/h6-7,11-12,22-23H,2-5,8-10H2,1H3,(H,24,26);1H. The molecule has 1 amide bonds. The first-order valence-electron chi connectivity index (χ1n) is 9.28. The predicted molar refractivity (Wildman–Crippen MR) is 108 cm³/mol. The number of hydrogen-bond donors (Lipinski definition) is 3. The first-order valence-corrected chi connectivity index (χ1v) is 9.28. The minimum absolute atomic E-state index is 0. The van der Waals surface area contributed by atoms with Crippen LogP contribution in [0.25, 0.3) is 0 Å². The second-order valence-corrected chi connectivity index (χ2v) is 6.53. The van der Waals surface area contributed by atoms with Gasteiger partial charge in [0.15, 0.2) is 17.3 Å². The van der Waals surface area contributed by atoms with E-state index in [1.54, 1.807) is 12.3 Å². The zero-order chi connectivity index (χ0) is 19.2. The van der Waals surface area contributed by atoms with E-state index in [9.17, 15) is 14.0 Å². The van der Waals surface area contributed by atoms with Crippen LogP contribution < -0.4 is 15.4 Å². The number of anilines is 1. The van der Waals surface area contributed by atoms with Gasteiger partial charge >= 0.3 is 0 Å². The molecule has 8 heteroatoms. The summed E-state index contributed by atoms with van der Waals surface area (Å²) >= 11 is 0. The molecule has 3 N–H and O–H groups in total. The summed E-state index contributed by atoms with van der Waals surface area (Å²) in [6, 6.07) is 4.28. The van der Waals surface area contributed by atoms with Crippen LogP contribution in [0.15, 0.2) is 24.4 Å². The lowest BCUT2D eigenvalue weighted by Crippen LogP contribution is -2.21. The van der Waals surface area contributed by atoms with Gasteiger partial charge in [-0.05, 0) is 37.9 Å². The molecule has 0 aliphatic heterocycles. The third-order valence-electron chi connectivity index (χ3n) is 4.47. The third kappa shape index (κ3) is 5.11. The van der Waals surface area contributed by atoms with Crippen LogP contribution in [0.5, 0.6) is 5.75 Å². The molecular weight excluding hydrogens is 385 g/mol. The Hall–Kier alpha value is -2.38. The highest BCUT2D eigenvalue weighted by Gasteiger charge is 2.26. The Morgan fingerprint density at radius 2 is 2.11 bits per heavy atom. The van der Waals surface area contributed by atoms with E-state index in [1.807, 2.05) is 0 Å². The van der Waals surface area contributed by atoms with Crippen molar-refractivity contribution in [1.29, 1.82) is 0 Å². The molecule has 1 aromatic heterocycles. The number of benzene rings is 1. The van der Waals surface area contributed by atoms with Crippen LogP contribution in [-0.2, 0) is 6.42 Å². The molecule has 0 saturated heterocycles. The fourth-order valence-corrected chi connectivity index (χ4v) is 3.14. The number of aromatic amines is 1. The van der Waals surface area contributed by atoms with Gasteiger partial charge in [-0.15, -0.1) is 12.4 Å². The second-order valence-electron chi connectivity index (χ2n) is 6.53. The van der Waals surface area contributed by atoms with Crippen molar-refractivity contribution >= 4 is 29.8 Å². The van der Waals surface area contributed by atoms with E-state index in [0.717, 1.165) is 31.5 Å². The number of nitrogens with one attached hydrogen (secondary N) is 3. The summed E-state index contributed by atoms with van der Waals surface area (Å²) in [7, 11) is 0. The van der Waals surface area contributed by atoms with Crippen molar-refractivity contribution in [3.8, 4) is 5.75 Å². The molecular formula is C20H25ClFN3O3. The average Bonchev–Trinajstić information content (AvgIpc) is 3.09. The maximum Gasteiger partial charge on any atom is 0.257 e. The van der Waals surface area contributed by atoms with Gasteiger partial charge in [0.25, 0.3) is 5.91 Å². The molecule has 0 bridgehead atoms. The third-order valence-corrected chi connectivity index (χ3v) is 4.47. The number of H-pyrrole nitrogens is 1. The minimum atomic E-state index is -0.546. The number of fused-ring (bicyclic) bond motifs is 1. The highest BCUT2D eigenvalue weighted by molar-refractivity contribution is 6.13. The Balaban J connectivity index is 0.00000280. The molecule has 0 saturated carbocycles. The normalized spacial score (nSPS) is 12.9. The predicted octanol–water partition coefficient (Wildman–Crippen LogP) is 3.73. The Morgan fingerprint density at radius 1 is 1.29 bits per heavy atom. The first kappa shape index (κ1) is 21.9. The quantitative estimate of drug-likeness (QED) is 0.580. The molecule has 6 nitrogen and oxygen atoms in total. The summed E-state index contributed by atoms with van der Waals surface area (Å²) < 4.78 is 19.6. The zero-order valence-electron chi connectivity index (χ0n) is 15.8. The van der Waals surface area contributed by atoms with Crippen molar-refractivity contribution in [2.45, 2.75) is 32.6 Å². The van der Waals surface area contributed by atoms with Crippen molar-refractivity contribution in [3.05, 3.63) is 47.0 Å². The van der Waals surface area contributed by atoms with Gasteiger partial charge in [0.1, 0.15) is 6.61 Å². The van der Waals surface area contributed by atoms with E-state index in [0.29, 0.717) is 36.4 Å². The summed E-state index contributed by atoms with van der Waals surface area (Å²) in [5.41, 5.74) is 1.87. The lowest BCUT2D eigenvalue weighted by Gasteiger charge is -2.12. The van der Waals surface area contributed by atoms with Gasteiger partial charge in [-0.3, -0.25) is 9.59 Å². The lowest BCUT2D eigenvalue weighted by atomic mass is 9.93. The highest BCUT2D eigenvalue weighted by atomic mass is 35.5. The monoisotopic (exact) mass is 409 g/mol. The van der Waals surface area contributed by atoms with Gasteiger partial charge in [-0.25, -0.2) is 4.39 Å². The Labute approximate surface area is 169 Å². The van der Waals surface area contributed by atoms with Crippen molar-refractivity contribution in [2.75, 3.05) is 25.0 Å². The Bertz CT molecular complexity index is 838. The number of Topliss-reactive ketones (excluding diaryl/α,β-unsaturated/α-hetero) is 1. The molecule has 1 aliphatic rings. The van der Waals surface area contributed by atoms with Crippen LogP contribution in [0.4, 0.5) is 10.1 Å². The topological polar surface area (TPSA) is 83.2 Å². The number of aromatic nitrogens is 1. The fraction of sp³-hybridized carbons (Fsp3) is 0.400. The number of ether oxygens (including phenoxy) is 1. The maximum absolute atomic E-state index is 14.2. The van der Waals surface area contributed by atoms with Crippen molar-refractivity contribution < 1.29 is 18.7 Å². The van der Waals surface area contributed by atoms with Gasteiger partial charge in [0.05, 0.1) is 11.1 Å². The number of ketones is 1. The van der Waals surface area contributed by atoms with Crippen LogP contribution in [0.1, 0.15) is 52.6 Å². The van der Waals surface area contributed by atoms with Gasteiger partial charge in [-0.1, -0.05) is 6.92 Å². The van der Waals surface area contributed by atoms with Gasteiger partial charge < -0.3 is 20.4 Å². The number of halogens is 2. The largest absolute Gasteiger partial charge is 0.489 e. The molecule has 0 atom stereocenters. The van der Waals surface area contributed by atoms with Gasteiger partial charge in [-0.2, -0.15) is 0 Å². The average molecular weight is 410 g/mol. The molecule has 2 aromatic rings. The zero-order valence-corrected chi connectivity index (χ0v) is 16.6. The maximum atomic E-state index is 14.2. The van der Waals surface area contributed by atoms with Crippen LogP contribution in [0.2, 0.25) is 0 Å². The second kappa shape index (κ2) is 10.2. The van der Waals surface area contributed by atoms with Crippen molar-refractivity contribution in [2.24, 2.45) is 0 Å². The summed E-state index contributed by atoms with van der Waals surface area (Å²) in [4.78, 5) is 27.6. The summed E-state index contributed by atoms with van der Waals surface area (Å²) in [6.45, 7) is 3.96. The van der Waals surface area contributed by atoms with E-state index in [2.05, 4.69) is 22.5 Å². The molecule has 1 heterocycles. The summed E-state index contributed by atoms with van der Waals surface area (Å²) in [6.07, 6.45) is 4.55. The highest BCUT2D eigenvalue weighted by Crippen LogP contribution is 2.26. The smallest absolute Gasteiger partial charge is 0.257 e. The number of rotatable bonds is 8. The van der Waals surface area contributed by atoms with Gasteiger partial charge in [0, 0.05) is 36.6 Å². The van der Waals surface area contributed by atoms with Crippen LogP contribution in [0, 0.1) is 5.82 Å². The van der Waals surface area contributed by atoms with Gasteiger partial charge in [0.2, 0.25) is 0 Å². The molecule has 0 spiro atoms. The number of hydrogen-bond acceptors (Lipinski definition) is 4. The van der Waals surface area contributed by atoms with Crippen molar-refractivity contribution in [1.82, 2.24) is 10.3 Å². The molecule has 0 fully saturated rings. The molecule has 152 valence electrons. The molecule has 0 unspecified atom stereocenters. The van der Waals surface area contributed by atoms with Crippen LogP contribution in [-0.4, -0.2) is 36.4 Å². The van der Waals surface area contributed by atoms with E-state index in [1.165, 1.54) is 12.1 Å². The summed E-state index contributed by atoms with van der Waals surface area (Å²) in [5.74, 6) is -0.871. The van der Waals surface area contributed by atoms with E-state index >= 15 is 0 Å². The van der Waals surface area contributed by atoms with E-state index in [4.69, 9.17) is 4.74 Å². The Kier molecular flexibility index (Phi) is 8.02. The fourth-order valence-electron chi connectivity index (χ4n) is 3.14. The van der Waals surface area contributed by atoms with E-state index < -0.39 is 11.7 Å². The SMILES string of the molecule is CCCNCCOc1ccc(NC(=O)c2c[nH]c3c2C(=O)CCC3)cc1F.Cl. The molecule has 1 aliphatic carbocycles. The number of carbonyl (C=O) groups excluding carboxylic acids is 2. The summed E-state index contributed by atoms with van der Waals surface area (Å²) in [5, 5.41) is 5.82. The van der Waals surface area contributed by atoms with E-state index in [-0.39, 0.29) is 23.9 Å². The minimum Gasteiger partial charge on any atom is -0.489 e. The lowest BCUT2D eigenvalue weighted by molar-refractivity contribution is 0.0956. The molecule has 3 rings (SSSR count). The van der Waals surface area contributed by atoms with Crippen molar-refractivity contribution in [3.63, 3.8) is 0 Å². The first-order chi connectivity index (χ1) is 13.1.